The summed E-state index contributed by atoms with van der Waals surface area (Å²) in [5.41, 5.74) is 11.4. The van der Waals surface area contributed by atoms with Gasteiger partial charge < -0.3 is 18.3 Å². The predicted molar refractivity (Wildman–Crippen MR) is 142 cm³/mol. The number of fused-ring (bicyclic) bond motifs is 7. The van der Waals surface area contributed by atoms with Gasteiger partial charge in [-0.1, -0.05) is 66.7 Å². The van der Waals surface area contributed by atoms with Crippen LogP contribution >= 0.6 is 0 Å². The van der Waals surface area contributed by atoms with Gasteiger partial charge in [0, 0.05) is 28.6 Å². The van der Waals surface area contributed by atoms with Crippen LogP contribution in [0.25, 0.3) is 34.2 Å². The molecule has 0 N–H and O–H groups in total. The Labute approximate surface area is 208 Å². The average molecular weight is 462 g/mol. The molecule has 1 atom stereocenters. The van der Waals surface area contributed by atoms with E-state index >= 15 is 0 Å². The van der Waals surface area contributed by atoms with Gasteiger partial charge >= 0.3 is 6.82 Å². The van der Waals surface area contributed by atoms with E-state index < -0.39 is 6.82 Å². The molecular weight excluding hydrogens is 443 g/mol. The first kappa shape index (κ1) is 18.5. The molecule has 168 valence electrons. The lowest BCUT2D eigenvalue weighted by Crippen LogP contribution is -2.69. The molecule has 4 nitrogen and oxygen atoms in total. The van der Waals surface area contributed by atoms with Crippen molar-refractivity contribution in [1.29, 1.82) is 0 Å². The SMILES string of the molecule is C1=C2c3ccccc3C3=[N+]2[B-]2(Oc4ccccc43)Oc3ccccc3-c3cc(-c4ccccc4)c1n32. The summed E-state index contributed by atoms with van der Waals surface area (Å²) in [6.45, 7) is -2.14. The van der Waals surface area contributed by atoms with Gasteiger partial charge in [0.25, 0.3) is 0 Å². The molecule has 1 spiro atoms. The molecule has 5 heteroatoms. The summed E-state index contributed by atoms with van der Waals surface area (Å²) in [5, 5.41) is 0. The molecule has 0 amide bonds. The second-order valence-electron chi connectivity index (χ2n) is 9.72. The van der Waals surface area contributed by atoms with Crippen molar-refractivity contribution >= 4 is 24.3 Å². The topological polar surface area (TPSA) is 26.4 Å². The van der Waals surface area contributed by atoms with Gasteiger partial charge in [-0.05, 0) is 48.0 Å². The zero-order valence-corrected chi connectivity index (χ0v) is 19.3. The lowest BCUT2D eigenvalue weighted by Gasteiger charge is -2.46. The van der Waals surface area contributed by atoms with Crippen LogP contribution in [0.4, 0.5) is 0 Å². The molecule has 4 aliphatic heterocycles. The van der Waals surface area contributed by atoms with E-state index in [1.54, 1.807) is 0 Å². The van der Waals surface area contributed by atoms with Crippen LogP contribution in [-0.2, 0) is 0 Å². The number of hydrogen-bond acceptors (Lipinski definition) is 2. The third-order valence-corrected chi connectivity index (χ3v) is 7.91. The predicted octanol–water partition coefficient (Wildman–Crippen LogP) is 6.27. The maximum Gasteiger partial charge on any atom is 0.780 e. The van der Waals surface area contributed by atoms with Crippen LogP contribution < -0.4 is 9.31 Å². The molecule has 0 radical (unpaired) electrons. The Morgan fingerprint density at radius 1 is 0.583 bits per heavy atom. The zero-order chi connectivity index (χ0) is 23.4. The smallest absolute Gasteiger partial charge is 0.601 e. The van der Waals surface area contributed by atoms with Gasteiger partial charge in [-0.25, -0.2) is 0 Å². The fourth-order valence-electron chi connectivity index (χ4n) is 6.51. The van der Waals surface area contributed by atoms with Crippen LogP contribution in [-0.4, -0.2) is 21.5 Å². The maximum absolute atomic E-state index is 7.02. The van der Waals surface area contributed by atoms with E-state index in [0.717, 1.165) is 45.4 Å². The molecule has 0 bridgehead atoms. The Morgan fingerprint density at radius 2 is 1.19 bits per heavy atom. The minimum absolute atomic E-state index is 0.838. The van der Waals surface area contributed by atoms with Crippen molar-refractivity contribution < 1.29 is 13.8 Å². The van der Waals surface area contributed by atoms with Gasteiger partial charge in [0.15, 0.2) is 11.4 Å². The summed E-state index contributed by atoms with van der Waals surface area (Å²) < 4.78 is 18.6. The molecular formula is C31H19BN2O2. The highest BCUT2D eigenvalue weighted by molar-refractivity contribution is 6.64. The van der Waals surface area contributed by atoms with Crippen molar-refractivity contribution in [3.8, 4) is 33.9 Å². The maximum atomic E-state index is 7.02. The van der Waals surface area contributed by atoms with E-state index in [1.165, 1.54) is 22.3 Å². The van der Waals surface area contributed by atoms with Gasteiger partial charge in [0.05, 0.1) is 28.2 Å². The zero-order valence-electron chi connectivity index (χ0n) is 19.3. The molecule has 1 aromatic heterocycles. The lowest BCUT2D eigenvalue weighted by atomic mass is 9.77. The third kappa shape index (κ3) is 2.07. The fraction of sp³-hybridized carbons (Fsp3) is 0. The third-order valence-electron chi connectivity index (χ3n) is 7.91. The Bertz CT molecular complexity index is 1850. The quantitative estimate of drug-likeness (QED) is 0.275. The van der Waals surface area contributed by atoms with Gasteiger partial charge in [-0.3, -0.25) is 0 Å². The lowest BCUT2D eigenvalue weighted by molar-refractivity contribution is -0.330. The molecule has 0 aliphatic carbocycles. The van der Waals surface area contributed by atoms with Crippen molar-refractivity contribution in [2.45, 2.75) is 0 Å². The van der Waals surface area contributed by atoms with Crippen LogP contribution in [0.5, 0.6) is 11.5 Å². The van der Waals surface area contributed by atoms with Crippen molar-refractivity contribution in [2.24, 2.45) is 0 Å². The standard InChI is InChI=1S/C31H19BN2O2/c1-2-10-20(11-3-1)25-18-26-23-14-6-8-16-29(23)35-32-33(26)28(25)19-27-21-12-4-5-13-22(21)31(34(27)32)24-15-7-9-17-30(24)36-32/h1-19H. The number of nitrogens with zero attached hydrogens (tertiary/aromatic N) is 2. The molecule has 9 rings (SSSR count). The Balaban J connectivity index is 1.48. The number of hydrogen-bond donors (Lipinski definition) is 0. The van der Waals surface area contributed by atoms with Crippen LogP contribution in [0.1, 0.15) is 22.4 Å². The van der Waals surface area contributed by atoms with E-state index in [0.29, 0.717) is 0 Å². The number of benzene rings is 4. The number of para-hydroxylation sites is 2. The molecule has 0 fully saturated rings. The Hall–Kier alpha value is -4.77. The molecule has 5 heterocycles. The van der Waals surface area contributed by atoms with Crippen LogP contribution in [0.15, 0.2) is 109 Å². The Morgan fingerprint density at radius 3 is 1.97 bits per heavy atom. The fourth-order valence-corrected chi connectivity index (χ4v) is 6.51. The minimum atomic E-state index is -2.14. The highest BCUT2D eigenvalue weighted by atomic mass is 16.6. The molecule has 4 aliphatic rings. The van der Waals surface area contributed by atoms with Crippen molar-refractivity contribution in [1.82, 2.24) is 4.48 Å². The minimum Gasteiger partial charge on any atom is -0.601 e. The van der Waals surface area contributed by atoms with Crippen molar-refractivity contribution in [3.05, 3.63) is 132 Å². The summed E-state index contributed by atoms with van der Waals surface area (Å²) in [7, 11) is 0. The molecule has 4 aromatic carbocycles. The largest absolute Gasteiger partial charge is 0.780 e. The van der Waals surface area contributed by atoms with Crippen LogP contribution in [0.2, 0.25) is 0 Å². The highest BCUT2D eigenvalue weighted by Crippen LogP contribution is 2.52. The van der Waals surface area contributed by atoms with Crippen molar-refractivity contribution in [2.75, 3.05) is 0 Å². The summed E-state index contributed by atoms with van der Waals surface area (Å²) >= 11 is 0. The summed E-state index contributed by atoms with van der Waals surface area (Å²) in [5.74, 6) is 1.68. The van der Waals surface area contributed by atoms with E-state index in [-0.39, 0.29) is 0 Å². The first-order chi connectivity index (χ1) is 17.8. The van der Waals surface area contributed by atoms with E-state index in [1.807, 2.05) is 12.1 Å². The van der Waals surface area contributed by atoms with E-state index in [9.17, 15) is 0 Å². The molecule has 5 aromatic rings. The molecule has 0 saturated carbocycles. The molecule has 36 heavy (non-hydrogen) atoms. The second kappa shape index (κ2) is 6.26. The monoisotopic (exact) mass is 462 g/mol. The van der Waals surface area contributed by atoms with E-state index in [2.05, 4.69) is 112 Å². The normalized spacial score (nSPS) is 19.2. The highest BCUT2D eigenvalue weighted by Gasteiger charge is 2.64. The number of rotatable bonds is 1. The first-order valence-electron chi connectivity index (χ1n) is 12.3. The summed E-state index contributed by atoms with van der Waals surface area (Å²) in [6, 6.07) is 38.1. The van der Waals surface area contributed by atoms with Gasteiger partial charge in [0.2, 0.25) is 0 Å². The van der Waals surface area contributed by atoms with Gasteiger partial charge in [-0.15, -0.1) is 0 Å². The Kier molecular flexibility index (Phi) is 3.23. The molecule has 0 saturated heterocycles. The average Bonchev–Trinajstić information content (AvgIpc) is 3.49. The molecule has 1 unspecified atom stereocenters. The van der Waals surface area contributed by atoms with Crippen LogP contribution in [0, 0.1) is 0 Å². The number of aromatic nitrogens is 1. The van der Waals surface area contributed by atoms with E-state index in [4.69, 9.17) is 9.31 Å². The van der Waals surface area contributed by atoms with Gasteiger partial charge in [-0.2, -0.15) is 0 Å². The first-order valence-corrected chi connectivity index (χ1v) is 12.3. The van der Waals surface area contributed by atoms with Gasteiger partial charge in [0.1, 0.15) is 0 Å². The second-order valence-corrected chi connectivity index (χ2v) is 9.72. The van der Waals surface area contributed by atoms with Crippen LogP contribution in [0.3, 0.4) is 0 Å². The summed E-state index contributed by atoms with van der Waals surface area (Å²) in [6.07, 6.45) is 2.31. The van der Waals surface area contributed by atoms with Crippen molar-refractivity contribution in [3.63, 3.8) is 0 Å². The summed E-state index contributed by atoms with van der Waals surface area (Å²) in [4.78, 5) is 0.